The van der Waals surface area contributed by atoms with Crippen molar-refractivity contribution in [3.05, 3.63) is 35.4 Å². The van der Waals surface area contributed by atoms with E-state index >= 15 is 0 Å². The molecule has 0 saturated carbocycles. The van der Waals surface area contributed by atoms with E-state index in [0.29, 0.717) is 0 Å². The molecule has 1 aromatic rings. The molecule has 2 rings (SSSR count). The summed E-state index contributed by atoms with van der Waals surface area (Å²) < 4.78 is 0. The van der Waals surface area contributed by atoms with Gasteiger partial charge in [0.05, 0.1) is 6.04 Å². The zero-order chi connectivity index (χ0) is 11.5. The van der Waals surface area contributed by atoms with Crippen molar-refractivity contribution >= 4 is 18.3 Å². The molecule has 17 heavy (non-hydrogen) atoms. The molecule has 3 nitrogen and oxygen atoms in total. The fourth-order valence-corrected chi connectivity index (χ4v) is 2.15. The number of nitrogens with one attached hydrogen (secondary N) is 1. The zero-order valence-corrected chi connectivity index (χ0v) is 10.8. The monoisotopic (exact) mass is 254 g/mol. The van der Waals surface area contributed by atoms with Crippen molar-refractivity contribution in [2.24, 2.45) is 5.73 Å². The Morgan fingerprint density at radius 1 is 1.41 bits per heavy atom. The average molecular weight is 255 g/mol. The maximum atomic E-state index is 11.5. The van der Waals surface area contributed by atoms with Gasteiger partial charge in [0, 0.05) is 6.04 Å². The molecule has 0 bridgehead atoms. The number of hydrogen-bond acceptors (Lipinski definition) is 2. The van der Waals surface area contributed by atoms with Gasteiger partial charge in [-0.15, -0.1) is 12.4 Å². The van der Waals surface area contributed by atoms with Crippen molar-refractivity contribution in [2.75, 3.05) is 0 Å². The minimum Gasteiger partial charge on any atom is -0.352 e. The summed E-state index contributed by atoms with van der Waals surface area (Å²) in [6, 6.07) is 8.25. The van der Waals surface area contributed by atoms with E-state index in [1.807, 2.05) is 0 Å². The molecule has 0 spiro atoms. The van der Waals surface area contributed by atoms with Gasteiger partial charge in [0.15, 0.2) is 0 Å². The van der Waals surface area contributed by atoms with Crippen LogP contribution in [0.1, 0.15) is 24.5 Å². The largest absolute Gasteiger partial charge is 0.352 e. The Hall–Kier alpha value is -1.06. The second kappa shape index (κ2) is 6.03. The van der Waals surface area contributed by atoms with Crippen molar-refractivity contribution in [1.82, 2.24) is 5.32 Å². The number of carbonyl (C=O) groups is 1. The molecule has 1 aromatic carbocycles. The summed E-state index contributed by atoms with van der Waals surface area (Å²) in [6.07, 6.45) is 2.98. The normalized spacial score (nSPS) is 19.8. The molecule has 1 amide bonds. The predicted octanol–water partition coefficient (Wildman–Crippen LogP) is 1.43. The summed E-state index contributed by atoms with van der Waals surface area (Å²) in [4.78, 5) is 11.5. The van der Waals surface area contributed by atoms with Gasteiger partial charge >= 0.3 is 0 Å². The standard InChI is InChI=1S/C13H18N2O.ClH/c1-9(14)13(16)15-12-7-6-10-4-2-3-5-11(10)8-12;/h2-5,9,12H,6-8,14H2,1H3,(H,15,16);1H. The van der Waals surface area contributed by atoms with Gasteiger partial charge in [0.1, 0.15) is 0 Å². The summed E-state index contributed by atoms with van der Waals surface area (Å²) in [7, 11) is 0. The molecule has 2 unspecified atom stereocenters. The number of benzene rings is 1. The first-order valence-electron chi connectivity index (χ1n) is 5.79. The van der Waals surface area contributed by atoms with E-state index in [4.69, 9.17) is 5.73 Å². The molecule has 0 saturated heterocycles. The van der Waals surface area contributed by atoms with Crippen LogP contribution in [0.25, 0.3) is 0 Å². The van der Waals surface area contributed by atoms with Gasteiger partial charge in [-0.2, -0.15) is 0 Å². The lowest BCUT2D eigenvalue weighted by molar-refractivity contribution is -0.122. The average Bonchev–Trinajstić information content (AvgIpc) is 2.28. The first-order valence-corrected chi connectivity index (χ1v) is 5.79. The highest BCUT2D eigenvalue weighted by atomic mass is 35.5. The third-order valence-electron chi connectivity index (χ3n) is 3.11. The third-order valence-corrected chi connectivity index (χ3v) is 3.11. The van der Waals surface area contributed by atoms with Crippen molar-refractivity contribution in [2.45, 2.75) is 38.3 Å². The number of fused-ring (bicyclic) bond motifs is 1. The smallest absolute Gasteiger partial charge is 0.236 e. The second-order valence-corrected chi connectivity index (χ2v) is 4.51. The van der Waals surface area contributed by atoms with Crippen molar-refractivity contribution in [3.8, 4) is 0 Å². The highest BCUT2D eigenvalue weighted by Gasteiger charge is 2.20. The van der Waals surface area contributed by atoms with Crippen molar-refractivity contribution in [1.29, 1.82) is 0 Å². The van der Waals surface area contributed by atoms with E-state index < -0.39 is 6.04 Å². The molecule has 0 aliphatic heterocycles. The zero-order valence-electron chi connectivity index (χ0n) is 9.98. The molecule has 94 valence electrons. The Morgan fingerprint density at radius 3 is 2.71 bits per heavy atom. The molecular weight excluding hydrogens is 236 g/mol. The molecule has 1 aliphatic carbocycles. The van der Waals surface area contributed by atoms with Crippen LogP contribution in [-0.4, -0.2) is 18.0 Å². The van der Waals surface area contributed by atoms with Gasteiger partial charge in [-0.1, -0.05) is 24.3 Å². The molecule has 1 aliphatic rings. The number of nitrogens with two attached hydrogens (primary N) is 1. The predicted molar refractivity (Wildman–Crippen MR) is 71.3 cm³/mol. The highest BCUT2D eigenvalue weighted by molar-refractivity contribution is 5.85. The van der Waals surface area contributed by atoms with E-state index in [1.165, 1.54) is 11.1 Å². The fourth-order valence-electron chi connectivity index (χ4n) is 2.15. The fraction of sp³-hybridized carbons (Fsp3) is 0.462. The Balaban J connectivity index is 0.00000144. The van der Waals surface area contributed by atoms with Crippen LogP contribution >= 0.6 is 12.4 Å². The van der Waals surface area contributed by atoms with Crippen LogP contribution < -0.4 is 11.1 Å². The van der Waals surface area contributed by atoms with Gasteiger partial charge in [0.2, 0.25) is 5.91 Å². The molecule has 3 N–H and O–H groups in total. The van der Waals surface area contributed by atoms with E-state index in [9.17, 15) is 4.79 Å². The van der Waals surface area contributed by atoms with E-state index in [2.05, 4.69) is 29.6 Å². The summed E-state index contributed by atoms with van der Waals surface area (Å²) in [6.45, 7) is 1.71. The summed E-state index contributed by atoms with van der Waals surface area (Å²) >= 11 is 0. The SMILES string of the molecule is CC(N)C(=O)NC1CCc2ccccc2C1.Cl. The molecule has 0 heterocycles. The Morgan fingerprint density at radius 2 is 2.06 bits per heavy atom. The highest BCUT2D eigenvalue weighted by Crippen LogP contribution is 2.20. The number of halogens is 1. The van der Waals surface area contributed by atoms with Gasteiger partial charge in [0.25, 0.3) is 0 Å². The lowest BCUT2D eigenvalue weighted by Crippen LogP contribution is -2.45. The maximum absolute atomic E-state index is 11.5. The van der Waals surface area contributed by atoms with Crippen LogP contribution in [0.5, 0.6) is 0 Å². The Labute approximate surface area is 108 Å². The molecule has 0 fully saturated rings. The molecule has 4 heteroatoms. The maximum Gasteiger partial charge on any atom is 0.236 e. The number of rotatable bonds is 2. The van der Waals surface area contributed by atoms with Crippen LogP contribution in [0.4, 0.5) is 0 Å². The van der Waals surface area contributed by atoms with Crippen LogP contribution in [0, 0.1) is 0 Å². The van der Waals surface area contributed by atoms with Gasteiger partial charge in [-0.05, 0) is 37.3 Å². The van der Waals surface area contributed by atoms with E-state index in [1.54, 1.807) is 6.92 Å². The molecule has 2 atom stereocenters. The summed E-state index contributed by atoms with van der Waals surface area (Å²) in [5.74, 6) is -0.0515. The van der Waals surface area contributed by atoms with Crippen LogP contribution in [-0.2, 0) is 17.6 Å². The quantitative estimate of drug-likeness (QED) is 0.839. The molecule has 0 radical (unpaired) electrons. The van der Waals surface area contributed by atoms with Crippen molar-refractivity contribution in [3.63, 3.8) is 0 Å². The number of hydrogen-bond donors (Lipinski definition) is 2. The lowest BCUT2D eigenvalue weighted by Gasteiger charge is -2.26. The first-order chi connectivity index (χ1) is 7.66. The summed E-state index contributed by atoms with van der Waals surface area (Å²) in [5, 5.41) is 3.00. The van der Waals surface area contributed by atoms with Gasteiger partial charge < -0.3 is 11.1 Å². The topological polar surface area (TPSA) is 55.1 Å². The molecule has 0 aromatic heterocycles. The van der Waals surface area contributed by atoms with Crippen molar-refractivity contribution < 1.29 is 4.79 Å². The number of amides is 1. The van der Waals surface area contributed by atoms with E-state index in [-0.39, 0.29) is 24.4 Å². The lowest BCUT2D eigenvalue weighted by atomic mass is 9.88. The third kappa shape index (κ3) is 3.45. The summed E-state index contributed by atoms with van der Waals surface area (Å²) in [5.41, 5.74) is 8.30. The molecular formula is C13H19ClN2O. The Kier molecular flexibility index (Phi) is 4.97. The number of carbonyl (C=O) groups excluding carboxylic acids is 1. The second-order valence-electron chi connectivity index (χ2n) is 4.51. The van der Waals surface area contributed by atoms with Crippen LogP contribution in [0.15, 0.2) is 24.3 Å². The number of aryl methyl sites for hydroxylation is 1. The minimum absolute atomic E-state index is 0. The van der Waals surface area contributed by atoms with Gasteiger partial charge in [-0.3, -0.25) is 4.79 Å². The Bertz CT molecular complexity index is 393. The first kappa shape index (κ1) is 14.0. The minimum atomic E-state index is -0.419. The van der Waals surface area contributed by atoms with Gasteiger partial charge in [-0.25, -0.2) is 0 Å². The van der Waals surface area contributed by atoms with E-state index in [0.717, 1.165) is 19.3 Å². The van der Waals surface area contributed by atoms with Crippen LogP contribution in [0.3, 0.4) is 0 Å². The van der Waals surface area contributed by atoms with Crippen LogP contribution in [0.2, 0.25) is 0 Å².